The highest BCUT2D eigenvalue weighted by Crippen LogP contribution is 2.38. The second-order valence-corrected chi connectivity index (χ2v) is 8.86. The number of methoxy groups -OCH3 is 1. The normalized spacial score (nSPS) is 16.7. The van der Waals surface area contributed by atoms with E-state index in [1.54, 1.807) is 50.3 Å². The van der Waals surface area contributed by atoms with Gasteiger partial charge in [0.25, 0.3) is 5.56 Å². The minimum Gasteiger partial charge on any atom is -0.504 e. The van der Waals surface area contributed by atoms with E-state index in [9.17, 15) is 14.7 Å². The molecule has 9 nitrogen and oxygen atoms in total. The number of benzene rings is 2. The van der Waals surface area contributed by atoms with Crippen molar-refractivity contribution in [3.8, 4) is 23.0 Å². The van der Waals surface area contributed by atoms with Crippen LogP contribution in [0.3, 0.4) is 0 Å². The maximum atomic E-state index is 13.6. The first-order chi connectivity index (χ1) is 16.9. The van der Waals surface area contributed by atoms with Gasteiger partial charge in [0.15, 0.2) is 27.8 Å². The van der Waals surface area contributed by atoms with E-state index >= 15 is 0 Å². The molecule has 1 aromatic heterocycles. The Morgan fingerprint density at radius 1 is 1.26 bits per heavy atom. The standard InChI is InChI=1S/C25H22N2O7S/c1-4-32-24(30)21-13(2)26-25-27(22(21)15-6-8-18-19(11-15)34-12-33-18)23(29)20(35-25)10-14-5-7-17(31-3)16(28)9-14/h5-11,22,28H,4,12H2,1-3H3/b20-10-/t22-/m1/s1. The summed E-state index contributed by atoms with van der Waals surface area (Å²) in [5, 5.41) is 10.1. The van der Waals surface area contributed by atoms with Crippen molar-refractivity contribution >= 4 is 23.4 Å². The van der Waals surface area contributed by atoms with Crippen LogP contribution in [-0.2, 0) is 9.53 Å². The summed E-state index contributed by atoms with van der Waals surface area (Å²) >= 11 is 1.20. The van der Waals surface area contributed by atoms with Crippen molar-refractivity contribution in [2.45, 2.75) is 19.9 Å². The summed E-state index contributed by atoms with van der Waals surface area (Å²) in [4.78, 5) is 31.6. The number of phenols is 1. The quantitative estimate of drug-likeness (QED) is 0.542. The lowest BCUT2D eigenvalue weighted by atomic mass is 9.95. The average Bonchev–Trinajstić information content (AvgIpc) is 3.42. The number of hydrogen-bond acceptors (Lipinski definition) is 9. The lowest BCUT2D eigenvalue weighted by molar-refractivity contribution is -0.139. The number of phenolic OH excluding ortho intramolecular Hbond substituents is 1. The summed E-state index contributed by atoms with van der Waals surface area (Å²) in [7, 11) is 1.46. The van der Waals surface area contributed by atoms with E-state index in [4.69, 9.17) is 18.9 Å². The lowest BCUT2D eigenvalue weighted by Gasteiger charge is -2.24. The number of ether oxygens (including phenoxy) is 4. The van der Waals surface area contributed by atoms with Gasteiger partial charge in [-0.3, -0.25) is 9.36 Å². The van der Waals surface area contributed by atoms with Gasteiger partial charge >= 0.3 is 5.97 Å². The van der Waals surface area contributed by atoms with Gasteiger partial charge in [-0.05, 0) is 55.3 Å². The number of aromatic hydroxyl groups is 1. The average molecular weight is 495 g/mol. The first-order valence-corrected chi connectivity index (χ1v) is 11.7. The number of carbonyl (C=O) groups excluding carboxylic acids is 1. The SMILES string of the molecule is CCOC(=O)C1=C(C)N=c2s/c(=C\c3ccc(OC)c(O)c3)c(=O)n2[C@@H]1c1ccc2c(c1)OCO2. The molecule has 5 rings (SSSR count). The molecule has 0 fully saturated rings. The molecule has 0 amide bonds. The topological polar surface area (TPSA) is 109 Å². The Hall–Kier alpha value is -4.05. The van der Waals surface area contributed by atoms with Crippen LogP contribution < -0.4 is 29.1 Å². The molecular weight excluding hydrogens is 472 g/mol. The summed E-state index contributed by atoms with van der Waals surface area (Å²) in [6.07, 6.45) is 1.67. The zero-order valence-electron chi connectivity index (χ0n) is 19.2. The molecule has 3 heterocycles. The predicted molar refractivity (Wildman–Crippen MR) is 128 cm³/mol. The second kappa shape index (κ2) is 8.95. The molecule has 2 aliphatic rings. The van der Waals surface area contributed by atoms with E-state index in [2.05, 4.69) is 4.99 Å². The summed E-state index contributed by atoms with van der Waals surface area (Å²) in [6, 6.07) is 9.44. The van der Waals surface area contributed by atoms with Crippen LogP contribution in [0.5, 0.6) is 23.0 Å². The third-order valence-corrected chi connectivity index (χ3v) is 6.71. The highest BCUT2D eigenvalue weighted by atomic mass is 32.1. The highest BCUT2D eigenvalue weighted by Gasteiger charge is 2.34. The van der Waals surface area contributed by atoms with Gasteiger partial charge in [0.2, 0.25) is 6.79 Å². The van der Waals surface area contributed by atoms with Crippen molar-refractivity contribution in [3.63, 3.8) is 0 Å². The van der Waals surface area contributed by atoms with Crippen molar-refractivity contribution in [2.24, 2.45) is 4.99 Å². The lowest BCUT2D eigenvalue weighted by Crippen LogP contribution is -2.39. The Labute approximate surface area is 203 Å². The van der Waals surface area contributed by atoms with E-state index in [0.717, 1.165) is 0 Å². The van der Waals surface area contributed by atoms with Crippen LogP contribution in [0.15, 0.2) is 57.5 Å². The maximum absolute atomic E-state index is 13.6. The van der Waals surface area contributed by atoms with Crippen LogP contribution in [0.2, 0.25) is 0 Å². The van der Waals surface area contributed by atoms with Gasteiger partial charge < -0.3 is 24.1 Å². The first kappa shape index (κ1) is 22.7. The summed E-state index contributed by atoms with van der Waals surface area (Å²) < 4.78 is 23.3. The Bertz CT molecular complexity index is 1550. The van der Waals surface area contributed by atoms with Gasteiger partial charge in [-0.2, -0.15) is 0 Å². The first-order valence-electron chi connectivity index (χ1n) is 10.9. The van der Waals surface area contributed by atoms with Gasteiger partial charge in [-0.15, -0.1) is 0 Å². The van der Waals surface area contributed by atoms with Crippen molar-refractivity contribution in [2.75, 3.05) is 20.5 Å². The Kier molecular flexibility index (Phi) is 5.81. The largest absolute Gasteiger partial charge is 0.504 e. The second-order valence-electron chi connectivity index (χ2n) is 7.85. The number of fused-ring (bicyclic) bond motifs is 2. The number of nitrogens with zero attached hydrogens (tertiary/aromatic N) is 2. The van der Waals surface area contributed by atoms with E-state index in [1.165, 1.54) is 29.1 Å². The van der Waals surface area contributed by atoms with Gasteiger partial charge in [-0.1, -0.05) is 23.5 Å². The van der Waals surface area contributed by atoms with Crippen molar-refractivity contribution in [1.29, 1.82) is 0 Å². The van der Waals surface area contributed by atoms with E-state index in [1.807, 2.05) is 0 Å². The molecule has 0 spiro atoms. The molecular formula is C25H22N2O7S. The Morgan fingerprint density at radius 3 is 2.80 bits per heavy atom. The van der Waals surface area contributed by atoms with Gasteiger partial charge in [-0.25, -0.2) is 9.79 Å². The molecule has 35 heavy (non-hydrogen) atoms. The maximum Gasteiger partial charge on any atom is 0.338 e. The molecule has 0 radical (unpaired) electrons. The molecule has 3 aromatic rings. The van der Waals surface area contributed by atoms with Crippen molar-refractivity contribution < 1.29 is 28.8 Å². The molecule has 2 aromatic carbocycles. The molecule has 0 aliphatic carbocycles. The molecule has 1 N–H and O–H groups in total. The highest BCUT2D eigenvalue weighted by molar-refractivity contribution is 7.07. The fourth-order valence-electron chi connectivity index (χ4n) is 4.14. The number of rotatable bonds is 5. The van der Waals surface area contributed by atoms with E-state index in [0.29, 0.717) is 43.4 Å². The number of aromatic nitrogens is 1. The van der Waals surface area contributed by atoms with Crippen LogP contribution in [0.1, 0.15) is 31.0 Å². The third kappa shape index (κ3) is 3.95. The summed E-state index contributed by atoms with van der Waals surface area (Å²) in [5.41, 5.74) is 1.73. The van der Waals surface area contributed by atoms with Crippen molar-refractivity contribution in [3.05, 3.63) is 78.5 Å². The zero-order chi connectivity index (χ0) is 24.7. The fourth-order valence-corrected chi connectivity index (χ4v) is 5.18. The molecule has 0 saturated heterocycles. The van der Waals surface area contributed by atoms with Crippen LogP contribution >= 0.6 is 11.3 Å². The third-order valence-electron chi connectivity index (χ3n) is 5.73. The van der Waals surface area contributed by atoms with Crippen LogP contribution in [0, 0.1) is 0 Å². The van der Waals surface area contributed by atoms with Gasteiger partial charge in [0.1, 0.15) is 0 Å². The molecule has 10 heteroatoms. The van der Waals surface area contributed by atoms with Gasteiger partial charge in [0, 0.05) is 0 Å². The molecule has 180 valence electrons. The number of hydrogen-bond donors (Lipinski definition) is 1. The number of carbonyl (C=O) groups is 1. The van der Waals surface area contributed by atoms with E-state index in [-0.39, 0.29) is 30.3 Å². The van der Waals surface area contributed by atoms with Crippen LogP contribution in [0.25, 0.3) is 6.08 Å². The van der Waals surface area contributed by atoms with E-state index < -0.39 is 12.0 Å². The minimum atomic E-state index is -0.758. The van der Waals surface area contributed by atoms with Crippen molar-refractivity contribution in [1.82, 2.24) is 4.57 Å². The Balaban J connectivity index is 1.70. The van der Waals surface area contributed by atoms with Crippen LogP contribution in [0.4, 0.5) is 0 Å². The molecule has 0 bridgehead atoms. The summed E-state index contributed by atoms with van der Waals surface area (Å²) in [5.74, 6) is 0.898. The number of allylic oxidation sites excluding steroid dienone is 1. The predicted octanol–water partition coefficient (Wildman–Crippen LogP) is 2.24. The monoisotopic (exact) mass is 494 g/mol. The van der Waals surface area contributed by atoms with Gasteiger partial charge in [0.05, 0.1) is 35.6 Å². The van der Waals surface area contributed by atoms with Crippen LogP contribution in [-0.4, -0.2) is 36.2 Å². The Morgan fingerprint density at radius 2 is 2.06 bits per heavy atom. The fraction of sp³-hybridized carbons (Fsp3) is 0.240. The minimum absolute atomic E-state index is 0.0345. The molecule has 0 unspecified atom stereocenters. The number of thiazole rings is 1. The zero-order valence-corrected chi connectivity index (χ0v) is 20.0. The molecule has 1 atom stereocenters. The number of esters is 1. The smallest absolute Gasteiger partial charge is 0.338 e. The summed E-state index contributed by atoms with van der Waals surface area (Å²) in [6.45, 7) is 3.75. The molecule has 2 aliphatic heterocycles. The molecule has 0 saturated carbocycles.